The van der Waals surface area contributed by atoms with Gasteiger partial charge in [-0.1, -0.05) is 19.8 Å². The second-order valence-corrected chi connectivity index (χ2v) is 9.36. The summed E-state index contributed by atoms with van der Waals surface area (Å²) in [5.74, 6) is 1.12. The third kappa shape index (κ3) is 3.15. The van der Waals surface area contributed by atoms with Gasteiger partial charge in [-0.05, 0) is 47.2 Å². The molecule has 0 amide bonds. The molecule has 1 aromatic heterocycles. The van der Waals surface area contributed by atoms with Crippen molar-refractivity contribution in [1.82, 2.24) is 4.72 Å². The quantitative estimate of drug-likeness (QED) is 0.901. The number of rotatable bonds is 4. The summed E-state index contributed by atoms with van der Waals surface area (Å²) >= 11 is 4.78. The molecule has 0 bridgehead atoms. The summed E-state index contributed by atoms with van der Waals surface area (Å²) in [5.41, 5.74) is 0. The number of hydrogen-bond donors (Lipinski definition) is 1. The Labute approximate surface area is 121 Å². The number of hydrogen-bond acceptors (Lipinski definition) is 3. The first-order chi connectivity index (χ1) is 8.40. The van der Waals surface area contributed by atoms with Gasteiger partial charge >= 0.3 is 0 Å². The Morgan fingerprint density at radius 3 is 2.72 bits per heavy atom. The minimum atomic E-state index is -3.35. The normalized spacial score (nSPS) is 24.6. The summed E-state index contributed by atoms with van der Waals surface area (Å²) in [4.78, 5) is 1.24. The molecule has 1 aromatic rings. The smallest absolute Gasteiger partial charge is 0.211 e. The maximum absolute atomic E-state index is 12.2. The topological polar surface area (TPSA) is 46.2 Å². The van der Waals surface area contributed by atoms with E-state index in [1.54, 1.807) is 6.07 Å². The van der Waals surface area contributed by atoms with Crippen molar-refractivity contribution in [3.05, 3.63) is 14.7 Å². The molecule has 1 aliphatic carbocycles. The minimum absolute atomic E-state index is 0.407. The highest BCUT2D eigenvalue weighted by Crippen LogP contribution is 2.32. The average molecular weight is 352 g/mol. The fourth-order valence-corrected chi connectivity index (χ4v) is 6.02. The standard InChI is InChI=1S/C12H18BrNO2S2/c1-8-4-3-5-10(8)7-14-18(15,16)11-6-12(13)17-9(11)2/h6,8,10,14H,3-5,7H2,1-2H3. The van der Waals surface area contributed by atoms with Crippen molar-refractivity contribution >= 4 is 37.3 Å². The number of aryl methyl sites for hydroxylation is 1. The molecule has 0 aliphatic heterocycles. The van der Waals surface area contributed by atoms with E-state index >= 15 is 0 Å². The van der Waals surface area contributed by atoms with Crippen molar-refractivity contribution in [2.45, 2.75) is 38.0 Å². The van der Waals surface area contributed by atoms with Crippen molar-refractivity contribution in [3.63, 3.8) is 0 Å². The van der Waals surface area contributed by atoms with E-state index in [4.69, 9.17) is 0 Å². The molecule has 18 heavy (non-hydrogen) atoms. The van der Waals surface area contributed by atoms with Gasteiger partial charge in [0.2, 0.25) is 10.0 Å². The second-order valence-electron chi connectivity index (χ2n) is 4.99. The zero-order valence-corrected chi connectivity index (χ0v) is 13.8. The fourth-order valence-electron chi connectivity index (χ4n) is 2.52. The van der Waals surface area contributed by atoms with Crippen LogP contribution in [0.2, 0.25) is 0 Å². The van der Waals surface area contributed by atoms with Gasteiger partial charge in [-0.25, -0.2) is 13.1 Å². The van der Waals surface area contributed by atoms with E-state index in [-0.39, 0.29) is 0 Å². The number of sulfonamides is 1. The summed E-state index contributed by atoms with van der Waals surface area (Å²) in [7, 11) is -3.35. The average Bonchev–Trinajstić information content (AvgIpc) is 2.82. The van der Waals surface area contributed by atoms with E-state index in [1.807, 2.05) is 6.92 Å². The van der Waals surface area contributed by atoms with Crippen LogP contribution < -0.4 is 4.72 Å². The zero-order valence-electron chi connectivity index (χ0n) is 10.6. The molecule has 0 spiro atoms. The first kappa shape index (κ1) is 14.5. The predicted octanol–water partition coefficient (Wildman–Crippen LogP) is 3.53. The van der Waals surface area contributed by atoms with E-state index in [0.717, 1.165) is 15.1 Å². The summed E-state index contributed by atoms with van der Waals surface area (Å²) in [6.07, 6.45) is 3.57. The summed E-state index contributed by atoms with van der Waals surface area (Å²) in [6, 6.07) is 1.68. The molecule has 1 saturated carbocycles. The molecule has 2 unspecified atom stereocenters. The van der Waals surface area contributed by atoms with Crippen LogP contribution in [0.4, 0.5) is 0 Å². The van der Waals surface area contributed by atoms with Crippen LogP contribution in [0, 0.1) is 18.8 Å². The van der Waals surface area contributed by atoms with Gasteiger partial charge in [-0.3, -0.25) is 0 Å². The lowest BCUT2D eigenvalue weighted by molar-refractivity contribution is 0.414. The van der Waals surface area contributed by atoms with Crippen LogP contribution in [0.25, 0.3) is 0 Å². The number of halogens is 1. The van der Waals surface area contributed by atoms with Crippen LogP contribution in [-0.2, 0) is 10.0 Å². The molecule has 3 nitrogen and oxygen atoms in total. The summed E-state index contributed by atoms with van der Waals surface area (Å²) in [6.45, 7) is 4.61. The first-order valence-corrected chi connectivity index (χ1v) is 9.25. The fraction of sp³-hybridized carbons (Fsp3) is 0.667. The number of nitrogens with one attached hydrogen (secondary N) is 1. The maximum atomic E-state index is 12.2. The van der Waals surface area contributed by atoms with Crippen LogP contribution in [-0.4, -0.2) is 15.0 Å². The number of thiophene rings is 1. The van der Waals surface area contributed by atoms with Gasteiger partial charge < -0.3 is 0 Å². The van der Waals surface area contributed by atoms with E-state index in [1.165, 1.54) is 24.2 Å². The van der Waals surface area contributed by atoms with Crippen LogP contribution in [0.15, 0.2) is 14.7 Å². The van der Waals surface area contributed by atoms with Crippen LogP contribution >= 0.6 is 27.3 Å². The van der Waals surface area contributed by atoms with Crippen LogP contribution in [0.5, 0.6) is 0 Å². The molecule has 1 aliphatic rings. The molecular weight excluding hydrogens is 334 g/mol. The molecule has 6 heteroatoms. The van der Waals surface area contributed by atoms with Crippen LogP contribution in [0.3, 0.4) is 0 Å². The van der Waals surface area contributed by atoms with Gasteiger partial charge in [0.05, 0.1) is 8.68 Å². The van der Waals surface area contributed by atoms with Gasteiger partial charge in [0, 0.05) is 11.4 Å². The Balaban J connectivity index is 2.06. The Morgan fingerprint density at radius 1 is 1.50 bits per heavy atom. The molecule has 1 N–H and O–H groups in total. The lowest BCUT2D eigenvalue weighted by Gasteiger charge is -2.15. The Bertz CT molecular complexity index is 524. The Kier molecular flexibility index (Phi) is 4.52. The Morgan fingerprint density at radius 2 is 2.22 bits per heavy atom. The SMILES string of the molecule is Cc1sc(Br)cc1S(=O)(=O)NCC1CCCC1C. The van der Waals surface area contributed by atoms with Crippen molar-refractivity contribution in [3.8, 4) is 0 Å². The van der Waals surface area contributed by atoms with Gasteiger partial charge in [0.25, 0.3) is 0 Å². The molecule has 2 atom stereocenters. The lowest BCUT2D eigenvalue weighted by atomic mass is 9.99. The zero-order chi connectivity index (χ0) is 13.3. The lowest BCUT2D eigenvalue weighted by Crippen LogP contribution is -2.30. The summed E-state index contributed by atoms with van der Waals surface area (Å²) in [5, 5.41) is 0. The highest BCUT2D eigenvalue weighted by Gasteiger charge is 2.26. The molecule has 2 rings (SSSR count). The molecule has 0 saturated heterocycles. The molecule has 0 aromatic carbocycles. The van der Waals surface area contributed by atoms with Gasteiger partial charge in [0.15, 0.2) is 0 Å². The minimum Gasteiger partial charge on any atom is -0.211 e. The maximum Gasteiger partial charge on any atom is 0.241 e. The van der Waals surface area contributed by atoms with Crippen molar-refractivity contribution < 1.29 is 8.42 Å². The highest BCUT2D eigenvalue weighted by atomic mass is 79.9. The predicted molar refractivity (Wildman–Crippen MR) is 78.4 cm³/mol. The van der Waals surface area contributed by atoms with E-state index in [2.05, 4.69) is 27.6 Å². The van der Waals surface area contributed by atoms with Gasteiger partial charge in [0.1, 0.15) is 0 Å². The van der Waals surface area contributed by atoms with E-state index in [9.17, 15) is 8.42 Å². The Hall–Kier alpha value is 0.0900. The third-order valence-corrected chi connectivity index (χ3v) is 6.94. The second kappa shape index (κ2) is 5.61. The summed E-state index contributed by atoms with van der Waals surface area (Å²) < 4.78 is 28.0. The molecular formula is C12H18BrNO2S2. The van der Waals surface area contributed by atoms with Crippen molar-refractivity contribution in [2.75, 3.05) is 6.54 Å². The molecule has 1 heterocycles. The van der Waals surface area contributed by atoms with E-state index in [0.29, 0.717) is 23.3 Å². The molecule has 0 radical (unpaired) electrons. The molecule has 102 valence electrons. The first-order valence-electron chi connectivity index (χ1n) is 6.16. The third-order valence-electron chi connectivity index (χ3n) is 3.71. The van der Waals surface area contributed by atoms with Crippen molar-refractivity contribution in [2.24, 2.45) is 11.8 Å². The van der Waals surface area contributed by atoms with Gasteiger partial charge in [-0.2, -0.15) is 0 Å². The van der Waals surface area contributed by atoms with Gasteiger partial charge in [-0.15, -0.1) is 11.3 Å². The monoisotopic (exact) mass is 351 g/mol. The van der Waals surface area contributed by atoms with E-state index < -0.39 is 10.0 Å². The largest absolute Gasteiger partial charge is 0.241 e. The highest BCUT2D eigenvalue weighted by molar-refractivity contribution is 9.11. The molecule has 1 fully saturated rings. The van der Waals surface area contributed by atoms with Crippen LogP contribution in [0.1, 0.15) is 31.1 Å². The van der Waals surface area contributed by atoms with Crippen molar-refractivity contribution in [1.29, 1.82) is 0 Å².